The monoisotopic (exact) mass is 324 g/mol. The first-order valence-corrected chi connectivity index (χ1v) is 6.18. The molecule has 0 spiro atoms. The van der Waals surface area contributed by atoms with Gasteiger partial charge in [-0.15, -0.1) is 0 Å². The zero-order chi connectivity index (χ0) is 16.8. The van der Waals surface area contributed by atoms with Crippen molar-refractivity contribution < 1.29 is 36.3 Å². The van der Waals surface area contributed by atoms with Crippen LogP contribution < -0.4 is 4.74 Å². The third-order valence-electron chi connectivity index (χ3n) is 2.84. The molecule has 0 radical (unpaired) electrons. The smallest absolute Gasteiger partial charge is 0.194 e. The van der Waals surface area contributed by atoms with Crippen LogP contribution in [0.2, 0.25) is 0 Å². The summed E-state index contributed by atoms with van der Waals surface area (Å²) in [4.78, 5) is 21.0. The number of carbonyl (C=O) groups is 2. The Balaban J connectivity index is 0.000000346. The minimum absolute atomic E-state index is 0.0351. The second-order valence-corrected chi connectivity index (χ2v) is 4.60. The van der Waals surface area contributed by atoms with E-state index in [4.69, 9.17) is 4.74 Å². The molecule has 0 N–H and O–H groups in total. The van der Waals surface area contributed by atoms with Gasteiger partial charge in [0.1, 0.15) is 24.9 Å². The van der Waals surface area contributed by atoms with Crippen LogP contribution in [0, 0.1) is 5.82 Å². The number of benzene rings is 1. The summed E-state index contributed by atoms with van der Waals surface area (Å²) in [6.07, 6.45) is -0.406. The van der Waals surface area contributed by atoms with Crippen LogP contribution in [-0.4, -0.2) is 43.9 Å². The van der Waals surface area contributed by atoms with Crippen LogP contribution in [0.5, 0.6) is 5.75 Å². The van der Waals surface area contributed by atoms with Crippen LogP contribution in [0.4, 0.5) is 22.0 Å². The SMILES string of the molecule is O=C(CF)CF.O=C1CC(CF)(CF)Oc2ccc(F)cc21. The molecule has 0 saturated heterocycles. The molecule has 1 aliphatic heterocycles. The molecule has 22 heavy (non-hydrogen) atoms. The van der Waals surface area contributed by atoms with Gasteiger partial charge in [-0.3, -0.25) is 9.59 Å². The van der Waals surface area contributed by atoms with Crippen molar-refractivity contribution in [3.05, 3.63) is 29.6 Å². The van der Waals surface area contributed by atoms with Gasteiger partial charge in [-0.05, 0) is 18.2 Å². The van der Waals surface area contributed by atoms with Crippen molar-refractivity contribution in [3.63, 3.8) is 0 Å². The third-order valence-corrected chi connectivity index (χ3v) is 2.84. The standard InChI is InChI=1S/C11H9F3O2.C3H4F2O/c12-5-11(6-13)4-9(15)8-3-7(14)1-2-10(8)16-11;4-1-3(6)2-5/h1-3H,4-6H2;1-2H2. The Morgan fingerprint density at radius 3 is 2.18 bits per heavy atom. The van der Waals surface area contributed by atoms with E-state index in [9.17, 15) is 31.5 Å². The summed E-state index contributed by atoms with van der Waals surface area (Å²) in [5.41, 5.74) is -1.69. The number of halogens is 5. The van der Waals surface area contributed by atoms with E-state index >= 15 is 0 Å². The zero-order valence-corrected chi connectivity index (χ0v) is 11.4. The second kappa shape index (κ2) is 7.86. The highest BCUT2D eigenvalue weighted by Crippen LogP contribution is 2.34. The largest absolute Gasteiger partial charge is 0.481 e. The Kier molecular flexibility index (Phi) is 6.45. The Morgan fingerprint density at radius 1 is 1.14 bits per heavy atom. The van der Waals surface area contributed by atoms with E-state index in [1.807, 2.05) is 0 Å². The third kappa shape index (κ3) is 4.25. The molecule has 0 aliphatic carbocycles. The number of Topliss-reactive ketones (excluding diaryl/α,β-unsaturated/α-hetero) is 2. The van der Waals surface area contributed by atoms with E-state index in [0.29, 0.717) is 0 Å². The molecule has 0 fully saturated rings. The van der Waals surface area contributed by atoms with Crippen LogP contribution in [0.15, 0.2) is 18.2 Å². The lowest BCUT2D eigenvalue weighted by molar-refractivity contribution is -0.120. The van der Waals surface area contributed by atoms with Crippen LogP contribution in [0.3, 0.4) is 0 Å². The highest BCUT2D eigenvalue weighted by Gasteiger charge is 2.41. The quantitative estimate of drug-likeness (QED) is 0.800. The molecular formula is C14H13F5O3. The van der Waals surface area contributed by atoms with E-state index in [2.05, 4.69) is 0 Å². The Hall–Kier alpha value is -1.99. The summed E-state index contributed by atoms with van der Waals surface area (Å²) in [7, 11) is 0. The number of ether oxygens (including phenoxy) is 1. The van der Waals surface area contributed by atoms with Gasteiger partial charge in [-0.1, -0.05) is 0 Å². The van der Waals surface area contributed by atoms with Gasteiger partial charge >= 0.3 is 0 Å². The minimum atomic E-state index is -1.73. The van der Waals surface area contributed by atoms with Crippen molar-refractivity contribution in [1.82, 2.24) is 0 Å². The number of fused-ring (bicyclic) bond motifs is 1. The van der Waals surface area contributed by atoms with Crippen molar-refractivity contribution in [2.24, 2.45) is 0 Å². The van der Waals surface area contributed by atoms with Crippen LogP contribution in [0.25, 0.3) is 0 Å². The molecule has 0 atom stereocenters. The van der Waals surface area contributed by atoms with E-state index < -0.39 is 56.1 Å². The summed E-state index contributed by atoms with van der Waals surface area (Å²) in [5.74, 6) is -2.04. The molecule has 0 unspecified atom stereocenters. The fraction of sp³-hybridized carbons (Fsp3) is 0.429. The predicted molar refractivity (Wildman–Crippen MR) is 67.6 cm³/mol. The second-order valence-electron chi connectivity index (χ2n) is 4.60. The average molecular weight is 324 g/mol. The van der Waals surface area contributed by atoms with Crippen molar-refractivity contribution in [2.75, 3.05) is 26.7 Å². The lowest BCUT2D eigenvalue weighted by Gasteiger charge is -2.33. The number of hydrogen-bond donors (Lipinski definition) is 0. The molecule has 0 amide bonds. The van der Waals surface area contributed by atoms with Gasteiger partial charge in [0.05, 0.1) is 12.0 Å². The Labute approximate surface area is 123 Å². The summed E-state index contributed by atoms with van der Waals surface area (Å²) in [6.45, 7) is -4.55. The van der Waals surface area contributed by atoms with E-state index in [0.717, 1.165) is 12.1 Å². The topological polar surface area (TPSA) is 43.4 Å². The zero-order valence-electron chi connectivity index (χ0n) is 11.4. The molecule has 1 aromatic carbocycles. The van der Waals surface area contributed by atoms with Gasteiger partial charge in [-0.2, -0.15) is 0 Å². The Bertz CT molecular complexity index is 537. The van der Waals surface area contributed by atoms with Gasteiger partial charge in [0.15, 0.2) is 30.5 Å². The van der Waals surface area contributed by atoms with Gasteiger partial charge < -0.3 is 4.74 Å². The molecule has 2 rings (SSSR count). The summed E-state index contributed by atoms with van der Waals surface area (Å²) in [5, 5.41) is 0. The van der Waals surface area contributed by atoms with Crippen molar-refractivity contribution in [1.29, 1.82) is 0 Å². The molecule has 122 valence electrons. The summed E-state index contributed by atoms with van der Waals surface area (Å²) in [6, 6.07) is 3.30. The number of alkyl halides is 4. The highest BCUT2D eigenvalue weighted by molar-refractivity contribution is 6.00. The van der Waals surface area contributed by atoms with Gasteiger partial charge in [0.2, 0.25) is 0 Å². The molecule has 3 nitrogen and oxygen atoms in total. The molecule has 0 saturated carbocycles. The molecule has 1 aromatic rings. The first-order valence-electron chi connectivity index (χ1n) is 6.18. The molecular weight excluding hydrogens is 311 g/mol. The van der Waals surface area contributed by atoms with E-state index in [-0.39, 0.29) is 11.3 Å². The first kappa shape index (κ1) is 18.1. The summed E-state index contributed by atoms with van der Waals surface area (Å²) >= 11 is 0. The molecule has 0 bridgehead atoms. The van der Waals surface area contributed by atoms with Crippen LogP contribution in [0.1, 0.15) is 16.8 Å². The van der Waals surface area contributed by atoms with E-state index in [1.54, 1.807) is 0 Å². The van der Waals surface area contributed by atoms with Crippen molar-refractivity contribution in [2.45, 2.75) is 12.0 Å². The predicted octanol–water partition coefficient (Wildman–Crippen LogP) is 2.96. The number of rotatable bonds is 4. The summed E-state index contributed by atoms with van der Waals surface area (Å²) < 4.78 is 64.9. The lowest BCUT2D eigenvalue weighted by Crippen LogP contribution is -2.46. The van der Waals surface area contributed by atoms with Crippen LogP contribution >= 0.6 is 0 Å². The van der Waals surface area contributed by atoms with Crippen molar-refractivity contribution in [3.8, 4) is 5.75 Å². The number of carbonyl (C=O) groups excluding carboxylic acids is 2. The molecule has 0 aromatic heterocycles. The van der Waals surface area contributed by atoms with Crippen molar-refractivity contribution >= 4 is 11.6 Å². The van der Waals surface area contributed by atoms with Gasteiger partial charge in [0.25, 0.3) is 0 Å². The minimum Gasteiger partial charge on any atom is -0.481 e. The van der Waals surface area contributed by atoms with Crippen LogP contribution in [-0.2, 0) is 4.79 Å². The Morgan fingerprint density at radius 2 is 1.73 bits per heavy atom. The highest BCUT2D eigenvalue weighted by atomic mass is 19.1. The maximum atomic E-state index is 12.9. The fourth-order valence-electron chi connectivity index (χ4n) is 1.69. The average Bonchev–Trinajstić information content (AvgIpc) is 2.55. The molecule has 1 heterocycles. The maximum absolute atomic E-state index is 12.9. The maximum Gasteiger partial charge on any atom is 0.194 e. The lowest BCUT2D eigenvalue weighted by atomic mass is 9.92. The van der Waals surface area contributed by atoms with Gasteiger partial charge in [-0.25, -0.2) is 22.0 Å². The van der Waals surface area contributed by atoms with E-state index in [1.165, 1.54) is 6.07 Å². The molecule has 8 heteroatoms. The normalized spacial score (nSPS) is 15.2. The fourth-order valence-corrected chi connectivity index (χ4v) is 1.69. The number of ketones is 2. The first-order chi connectivity index (χ1) is 10.4. The van der Waals surface area contributed by atoms with Gasteiger partial charge in [0, 0.05) is 0 Å². The molecule has 1 aliphatic rings. The number of hydrogen-bond acceptors (Lipinski definition) is 3.